The molecule has 1 aromatic rings. The Morgan fingerprint density at radius 3 is 2.71 bits per heavy atom. The van der Waals surface area contributed by atoms with Crippen LogP contribution in [0.3, 0.4) is 0 Å². The summed E-state index contributed by atoms with van der Waals surface area (Å²) < 4.78 is 0. The summed E-state index contributed by atoms with van der Waals surface area (Å²) in [6.45, 7) is 1.79. The molecule has 1 heterocycles. The van der Waals surface area contributed by atoms with Gasteiger partial charge in [-0.15, -0.1) is 0 Å². The zero-order chi connectivity index (χ0) is 12.3. The van der Waals surface area contributed by atoms with Crippen LogP contribution in [0.4, 0.5) is 0 Å². The van der Waals surface area contributed by atoms with Crippen molar-refractivity contribution in [2.24, 2.45) is 0 Å². The highest BCUT2D eigenvalue weighted by Crippen LogP contribution is 2.24. The monoisotopic (exact) mass is 233 g/mol. The minimum Gasteiger partial charge on any atom is -0.388 e. The van der Waals surface area contributed by atoms with E-state index in [1.807, 2.05) is 19.2 Å². The number of hydrogen-bond acceptors (Lipinski definition) is 3. The van der Waals surface area contributed by atoms with E-state index in [2.05, 4.69) is 4.90 Å². The highest BCUT2D eigenvalue weighted by Gasteiger charge is 2.31. The van der Waals surface area contributed by atoms with Gasteiger partial charge in [0.05, 0.1) is 5.60 Å². The maximum Gasteiger partial charge on any atom is 0.150 e. The second-order valence-corrected chi connectivity index (χ2v) is 5.10. The van der Waals surface area contributed by atoms with E-state index in [-0.39, 0.29) is 0 Å². The summed E-state index contributed by atoms with van der Waals surface area (Å²) in [6, 6.07) is 7.46. The van der Waals surface area contributed by atoms with Gasteiger partial charge in [0.25, 0.3) is 0 Å². The molecule has 92 valence electrons. The Morgan fingerprint density at radius 2 is 2.12 bits per heavy atom. The van der Waals surface area contributed by atoms with E-state index < -0.39 is 5.60 Å². The van der Waals surface area contributed by atoms with Gasteiger partial charge in [0.15, 0.2) is 0 Å². The summed E-state index contributed by atoms with van der Waals surface area (Å²) in [5.74, 6) is 0. The molecule has 0 amide bonds. The topological polar surface area (TPSA) is 40.5 Å². The molecule has 2 rings (SSSR count). The van der Waals surface area contributed by atoms with Crippen LogP contribution in [0.15, 0.2) is 24.3 Å². The Hall–Kier alpha value is -1.19. The molecule has 0 bridgehead atoms. The Labute approximate surface area is 102 Å². The summed E-state index contributed by atoms with van der Waals surface area (Å²) in [5, 5.41) is 10.5. The number of nitrogens with zero attached hydrogens (tertiary/aromatic N) is 1. The molecule has 0 aromatic heterocycles. The van der Waals surface area contributed by atoms with Gasteiger partial charge in [-0.2, -0.15) is 0 Å². The fourth-order valence-electron chi connectivity index (χ4n) is 2.58. The molecule has 0 saturated carbocycles. The van der Waals surface area contributed by atoms with E-state index in [9.17, 15) is 9.90 Å². The minimum atomic E-state index is -0.615. The maximum atomic E-state index is 10.6. The largest absolute Gasteiger partial charge is 0.388 e. The van der Waals surface area contributed by atoms with Crippen molar-refractivity contribution in [2.75, 3.05) is 20.1 Å². The number of aliphatic hydroxyl groups is 1. The molecule has 1 aliphatic heterocycles. The number of rotatable bonds is 3. The predicted molar refractivity (Wildman–Crippen MR) is 67.2 cm³/mol. The Kier molecular flexibility index (Phi) is 3.60. The Morgan fingerprint density at radius 1 is 1.41 bits per heavy atom. The second kappa shape index (κ2) is 4.98. The summed E-state index contributed by atoms with van der Waals surface area (Å²) in [4.78, 5) is 12.7. The van der Waals surface area contributed by atoms with Crippen LogP contribution < -0.4 is 0 Å². The Balaban J connectivity index is 2.05. The van der Waals surface area contributed by atoms with Gasteiger partial charge in [-0.3, -0.25) is 4.79 Å². The van der Waals surface area contributed by atoms with Crippen LogP contribution in [0.5, 0.6) is 0 Å². The first-order chi connectivity index (χ1) is 8.11. The number of likely N-dealkylation sites (N-methyl/N-ethyl adjacent to an activating group) is 1. The Bertz CT molecular complexity index is 388. The second-order valence-electron chi connectivity index (χ2n) is 5.10. The van der Waals surface area contributed by atoms with Crippen molar-refractivity contribution in [2.45, 2.75) is 24.9 Å². The van der Waals surface area contributed by atoms with Crippen molar-refractivity contribution >= 4 is 6.29 Å². The molecule has 0 spiro atoms. The van der Waals surface area contributed by atoms with Gasteiger partial charge in [-0.1, -0.05) is 24.3 Å². The van der Waals surface area contributed by atoms with Crippen molar-refractivity contribution in [1.29, 1.82) is 0 Å². The van der Waals surface area contributed by atoms with Crippen LogP contribution in [0.2, 0.25) is 0 Å². The van der Waals surface area contributed by atoms with E-state index in [0.717, 1.165) is 37.8 Å². The van der Waals surface area contributed by atoms with Crippen molar-refractivity contribution in [3.63, 3.8) is 0 Å². The van der Waals surface area contributed by atoms with Gasteiger partial charge in [-0.25, -0.2) is 0 Å². The average Bonchev–Trinajstić information content (AvgIpc) is 2.29. The standard InChI is InChI=1S/C14H19NO2/c1-15-8-2-7-14(17,11-15)9-12-3-5-13(10-16)6-4-12/h3-6,10,17H,2,7-9,11H2,1H3. The number of β-amino-alcohol motifs (C(OH)–C–C–N with tert-alkyl or cyclic N) is 1. The van der Waals surface area contributed by atoms with Crippen molar-refractivity contribution < 1.29 is 9.90 Å². The molecule has 1 aliphatic rings. The molecule has 3 nitrogen and oxygen atoms in total. The highest BCUT2D eigenvalue weighted by atomic mass is 16.3. The van der Waals surface area contributed by atoms with Crippen LogP contribution in [0, 0.1) is 0 Å². The highest BCUT2D eigenvalue weighted by molar-refractivity contribution is 5.74. The fraction of sp³-hybridized carbons (Fsp3) is 0.500. The van der Waals surface area contributed by atoms with Gasteiger partial charge in [0.2, 0.25) is 0 Å². The SMILES string of the molecule is CN1CCCC(O)(Cc2ccc(C=O)cc2)C1. The molecule has 17 heavy (non-hydrogen) atoms. The van der Waals surface area contributed by atoms with Crippen molar-refractivity contribution in [3.8, 4) is 0 Å². The number of carbonyl (C=O) groups excluding carboxylic acids is 1. The quantitative estimate of drug-likeness (QED) is 0.804. The molecule has 1 atom stereocenters. The molecular weight excluding hydrogens is 214 g/mol. The van der Waals surface area contributed by atoms with E-state index in [0.29, 0.717) is 12.0 Å². The molecular formula is C14H19NO2. The van der Waals surface area contributed by atoms with E-state index in [4.69, 9.17) is 0 Å². The molecule has 1 aromatic carbocycles. The maximum absolute atomic E-state index is 10.6. The van der Waals surface area contributed by atoms with Gasteiger partial charge in [-0.05, 0) is 32.0 Å². The van der Waals surface area contributed by atoms with Crippen molar-refractivity contribution in [1.82, 2.24) is 4.90 Å². The first kappa shape index (κ1) is 12.3. The van der Waals surface area contributed by atoms with Gasteiger partial charge < -0.3 is 10.0 Å². The lowest BCUT2D eigenvalue weighted by Crippen LogP contribution is -2.47. The number of aldehydes is 1. The molecule has 1 N–H and O–H groups in total. The first-order valence-electron chi connectivity index (χ1n) is 6.06. The van der Waals surface area contributed by atoms with Crippen molar-refractivity contribution in [3.05, 3.63) is 35.4 Å². The van der Waals surface area contributed by atoms with E-state index >= 15 is 0 Å². The molecule has 1 fully saturated rings. The molecule has 0 radical (unpaired) electrons. The van der Waals surface area contributed by atoms with Crippen LogP contribution >= 0.6 is 0 Å². The normalized spacial score (nSPS) is 25.8. The lowest BCUT2D eigenvalue weighted by Gasteiger charge is -2.37. The number of hydrogen-bond donors (Lipinski definition) is 1. The average molecular weight is 233 g/mol. The number of carbonyl (C=O) groups is 1. The molecule has 1 saturated heterocycles. The van der Waals surface area contributed by atoms with E-state index in [1.165, 1.54) is 0 Å². The number of piperidine rings is 1. The van der Waals surface area contributed by atoms with Gasteiger partial charge >= 0.3 is 0 Å². The van der Waals surface area contributed by atoms with Gasteiger partial charge in [0.1, 0.15) is 6.29 Å². The first-order valence-corrected chi connectivity index (χ1v) is 6.06. The van der Waals surface area contributed by atoms with Gasteiger partial charge in [0, 0.05) is 18.5 Å². The summed E-state index contributed by atoms with van der Waals surface area (Å²) in [5.41, 5.74) is 1.16. The van der Waals surface area contributed by atoms with E-state index in [1.54, 1.807) is 12.1 Å². The molecule has 0 aliphatic carbocycles. The third-order valence-corrected chi connectivity index (χ3v) is 3.40. The third-order valence-electron chi connectivity index (χ3n) is 3.40. The van der Waals surface area contributed by atoms with Crippen LogP contribution in [0.25, 0.3) is 0 Å². The number of likely N-dealkylation sites (tertiary alicyclic amines) is 1. The zero-order valence-electron chi connectivity index (χ0n) is 10.2. The third kappa shape index (κ3) is 3.14. The zero-order valence-corrected chi connectivity index (χ0v) is 10.2. The minimum absolute atomic E-state index is 0.615. The predicted octanol–water partition coefficient (Wildman–Crippen LogP) is 1.50. The summed E-state index contributed by atoms with van der Waals surface area (Å²) >= 11 is 0. The fourth-order valence-corrected chi connectivity index (χ4v) is 2.58. The summed E-state index contributed by atoms with van der Waals surface area (Å²) in [6.07, 6.45) is 3.40. The molecule has 1 unspecified atom stereocenters. The van der Waals surface area contributed by atoms with Crippen LogP contribution in [-0.4, -0.2) is 42.0 Å². The van der Waals surface area contributed by atoms with Crippen LogP contribution in [0.1, 0.15) is 28.8 Å². The van der Waals surface area contributed by atoms with Crippen LogP contribution in [-0.2, 0) is 6.42 Å². The lowest BCUT2D eigenvalue weighted by molar-refractivity contribution is -0.0223. The summed E-state index contributed by atoms with van der Waals surface area (Å²) in [7, 11) is 2.04. The smallest absolute Gasteiger partial charge is 0.150 e. The molecule has 3 heteroatoms. The number of benzene rings is 1. The lowest BCUT2D eigenvalue weighted by atomic mass is 9.86.